The van der Waals surface area contributed by atoms with Gasteiger partial charge in [-0.2, -0.15) is 5.10 Å². The van der Waals surface area contributed by atoms with Gasteiger partial charge in [-0.15, -0.1) is 0 Å². The Hall–Kier alpha value is -3.39. The van der Waals surface area contributed by atoms with Crippen molar-refractivity contribution in [2.45, 2.75) is 26.9 Å². The zero-order chi connectivity index (χ0) is 24.3. The molecule has 0 saturated carbocycles. The molecule has 0 bridgehead atoms. The van der Waals surface area contributed by atoms with Crippen LogP contribution in [-0.4, -0.2) is 25.3 Å². The average molecular weight is 529 g/mol. The summed E-state index contributed by atoms with van der Waals surface area (Å²) < 4.78 is 31.4. The number of ether oxygens (including phenoxy) is 3. The number of halogens is 2. The van der Waals surface area contributed by atoms with Gasteiger partial charge in [0, 0.05) is 11.1 Å². The van der Waals surface area contributed by atoms with Crippen molar-refractivity contribution in [1.82, 2.24) is 5.43 Å². The first-order valence-corrected chi connectivity index (χ1v) is 11.7. The predicted octanol–water partition coefficient (Wildman–Crippen LogP) is 6.12. The monoisotopic (exact) mass is 528 g/mol. The van der Waals surface area contributed by atoms with Crippen LogP contribution in [0.15, 0.2) is 70.2 Å². The smallest absolute Gasteiger partial charge is 0.271 e. The van der Waals surface area contributed by atoms with Gasteiger partial charge in [0.2, 0.25) is 0 Å². The molecule has 0 aliphatic rings. The summed E-state index contributed by atoms with van der Waals surface area (Å²) in [7, 11) is 0. The van der Waals surface area contributed by atoms with Gasteiger partial charge in [0.15, 0.2) is 11.5 Å². The fourth-order valence-corrected chi connectivity index (χ4v) is 3.48. The number of hydrogen-bond acceptors (Lipinski definition) is 5. The fraction of sp³-hybridized carbons (Fsp3) is 0.231. The Kier molecular flexibility index (Phi) is 9.46. The molecule has 1 N–H and O–H groups in total. The molecule has 1 amide bonds. The van der Waals surface area contributed by atoms with Crippen LogP contribution in [0, 0.1) is 5.82 Å². The number of amides is 1. The second-order valence-corrected chi connectivity index (χ2v) is 8.07. The van der Waals surface area contributed by atoms with E-state index in [4.69, 9.17) is 14.2 Å². The maximum atomic E-state index is 13.8. The molecule has 6 nitrogen and oxygen atoms in total. The highest BCUT2D eigenvalue weighted by atomic mass is 79.9. The first-order valence-electron chi connectivity index (χ1n) is 10.9. The molecule has 0 atom stereocenters. The highest BCUT2D eigenvalue weighted by Crippen LogP contribution is 2.29. The zero-order valence-corrected chi connectivity index (χ0v) is 20.6. The number of benzene rings is 3. The lowest BCUT2D eigenvalue weighted by Crippen LogP contribution is -2.17. The Bertz CT molecular complexity index is 1150. The third-order valence-corrected chi connectivity index (χ3v) is 5.26. The molecule has 0 aliphatic heterocycles. The SMILES string of the molecule is CCCOc1ccc(C(=O)N/N=C/c2ccc(OCc3ccccc3F)c(Br)c2)cc1OCC. The molecule has 0 fully saturated rings. The minimum Gasteiger partial charge on any atom is -0.490 e. The van der Waals surface area contributed by atoms with Gasteiger partial charge in [0.05, 0.1) is 23.9 Å². The van der Waals surface area contributed by atoms with Gasteiger partial charge in [-0.25, -0.2) is 9.82 Å². The molecule has 0 unspecified atom stereocenters. The molecular formula is C26H26BrFN2O4. The Morgan fingerprint density at radius 3 is 2.53 bits per heavy atom. The molecule has 0 radical (unpaired) electrons. The second kappa shape index (κ2) is 12.7. The van der Waals surface area contributed by atoms with Gasteiger partial charge in [0.25, 0.3) is 5.91 Å². The molecule has 178 valence electrons. The molecule has 0 saturated heterocycles. The van der Waals surface area contributed by atoms with Crippen molar-refractivity contribution in [2.24, 2.45) is 5.10 Å². The standard InChI is InChI=1S/C26H26BrFN2O4/c1-3-13-33-24-12-10-19(15-25(24)32-4-2)26(31)30-29-16-18-9-11-23(21(27)14-18)34-17-20-7-5-6-8-22(20)28/h5-12,14-16H,3-4,13,17H2,1-2H3,(H,30,31)/b29-16+. The summed E-state index contributed by atoms with van der Waals surface area (Å²) >= 11 is 3.45. The normalized spacial score (nSPS) is 10.8. The van der Waals surface area contributed by atoms with Crippen molar-refractivity contribution < 1.29 is 23.4 Å². The molecule has 0 aliphatic carbocycles. The molecule has 3 aromatic carbocycles. The number of rotatable bonds is 11. The van der Waals surface area contributed by atoms with Gasteiger partial charge < -0.3 is 14.2 Å². The van der Waals surface area contributed by atoms with Crippen LogP contribution < -0.4 is 19.6 Å². The quantitative estimate of drug-likeness (QED) is 0.240. The van der Waals surface area contributed by atoms with E-state index in [1.807, 2.05) is 13.8 Å². The first-order chi connectivity index (χ1) is 16.5. The molecule has 8 heteroatoms. The van der Waals surface area contributed by atoms with E-state index >= 15 is 0 Å². The van der Waals surface area contributed by atoms with Crippen LogP contribution in [0.1, 0.15) is 41.8 Å². The Balaban J connectivity index is 1.60. The zero-order valence-electron chi connectivity index (χ0n) is 19.0. The fourth-order valence-electron chi connectivity index (χ4n) is 2.96. The third kappa shape index (κ3) is 7.05. The maximum Gasteiger partial charge on any atom is 0.271 e. The average Bonchev–Trinajstić information content (AvgIpc) is 2.83. The minimum absolute atomic E-state index is 0.112. The van der Waals surface area contributed by atoms with Gasteiger partial charge >= 0.3 is 0 Å². The van der Waals surface area contributed by atoms with E-state index in [0.717, 1.165) is 12.0 Å². The summed E-state index contributed by atoms with van der Waals surface area (Å²) in [6.07, 6.45) is 2.39. The molecule has 3 rings (SSSR count). The summed E-state index contributed by atoms with van der Waals surface area (Å²) in [5.41, 5.74) is 4.13. The Labute approximate surface area is 206 Å². The van der Waals surface area contributed by atoms with Crippen LogP contribution in [-0.2, 0) is 6.61 Å². The van der Waals surface area contributed by atoms with Crippen LogP contribution in [0.25, 0.3) is 0 Å². The van der Waals surface area contributed by atoms with Crippen molar-refractivity contribution >= 4 is 28.1 Å². The van der Waals surface area contributed by atoms with E-state index in [-0.39, 0.29) is 18.3 Å². The first kappa shape index (κ1) is 25.2. The van der Waals surface area contributed by atoms with E-state index in [2.05, 4.69) is 26.5 Å². The summed E-state index contributed by atoms with van der Waals surface area (Å²) in [5, 5.41) is 4.03. The predicted molar refractivity (Wildman–Crippen MR) is 133 cm³/mol. The topological polar surface area (TPSA) is 69.2 Å². The molecule has 34 heavy (non-hydrogen) atoms. The highest BCUT2D eigenvalue weighted by molar-refractivity contribution is 9.10. The second-order valence-electron chi connectivity index (χ2n) is 7.21. The highest BCUT2D eigenvalue weighted by Gasteiger charge is 2.11. The van der Waals surface area contributed by atoms with Gasteiger partial charge in [-0.1, -0.05) is 25.1 Å². The van der Waals surface area contributed by atoms with E-state index < -0.39 is 0 Å². The van der Waals surface area contributed by atoms with Crippen LogP contribution in [0.5, 0.6) is 17.2 Å². The lowest BCUT2D eigenvalue weighted by molar-refractivity contribution is 0.0954. The van der Waals surface area contributed by atoms with E-state index in [0.29, 0.717) is 46.1 Å². The number of nitrogens with zero attached hydrogens (tertiary/aromatic N) is 1. The largest absolute Gasteiger partial charge is 0.490 e. The van der Waals surface area contributed by atoms with Gasteiger partial charge in [-0.3, -0.25) is 4.79 Å². The number of nitrogens with one attached hydrogen (secondary N) is 1. The Morgan fingerprint density at radius 2 is 1.79 bits per heavy atom. The van der Waals surface area contributed by atoms with E-state index in [1.165, 1.54) is 12.3 Å². The van der Waals surface area contributed by atoms with Crippen LogP contribution in [0.3, 0.4) is 0 Å². The van der Waals surface area contributed by atoms with Crippen LogP contribution in [0.2, 0.25) is 0 Å². The molecule has 0 aromatic heterocycles. The summed E-state index contributed by atoms with van der Waals surface area (Å²) in [6, 6.07) is 16.8. The van der Waals surface area contributed by atoms with E-state index in [1.54, 1.807) is 54.6 Å². The number of carbonyl (C=O) groups is 1. The van der Waals surface area contributed by atoms with Gasteiger partial charge in [0.1, 0.15) is 18.2 Å². The van der Waals surface area contributed by atoms with Crippen molar-refractivity contribution in [3.05, 3.63) is 87.6 Å². The summed E-state index contributed by atoms with van der Waals surface area (Å²) in [5.74, 6) is 1.00. The van der Waals surface area contributed by atoms with Crippen LogP contribution in [0.4, 0.5) is 4.39 Å². The van der Waals surface area contributed by atoms with Crippen molar-refractivity contribution in [3.8, 4) is 17.2 Å². The van der Waals surface area contributed by atoms with Crippen LogP contribution >= 0.6 is 15.9 Å². The van der Waals surface area contributed by atoms with Crippen molar-refractivity contribution in [1.29, 1.82) is 0 Å². The third-order valence-electron chi connectivity index (χ3n) is 4.64. The number of carbonyl (C=O) groups excluding carboxylic acids is 1. The Morgan fingerprint density at radius 1 is 1.00 bits per heavy atom. The lowest BCUT2D eigenvalue weighted by Gasteiger charge is -2.12. The number of hydrogen-bond donors (Lipinski definition) is 1. The molecular weight excluding hydrogens is 503 g/mol. The molecule has 0 heterocycles. The van der Waals surface area contributed by atoms with Gasteiger partial charge in [-0.05, 0) is 77.3 Å². The molecule has 0 spiro atoms. The maximum absolute atomic E-state index is 13.8. The number of hydrazone groups is 1. The van der Waals surface area contributed by atoms with E-state index in [9.17, 15) is 9.18 Å². The summed E-state index contributed by atoms with van der Waals surface area (Å²) in [6.45, 7) is 5.03. The summed E-state index contributed by atoms with van der Waals surface area (Å²) in [4.78, 5) is 12.5. The van der Waals surface area contributed by atoms with Crippen molar-refractivity contribution in [3.63, 3.8) is 0 Å². The lowest BCUT2D eigenvalue weighted by atomic mass is 10.2. The van der Waals surface area contributed by atoms with Crippen molar-refractivity contribution in [2.75, 3.05) is 13.2 Å². The minimum atomic E-state index is -0.372. The molecule has 3 aromatic rings.